The summed E-state index contributed by atoms with van der Waals surface area (Å²) in [4.78, 5) is 4.76. The number of aliphatic imine (C=N–C) groups is 1. The predicted octanol–water partition coefficient (Wildman–Crippen LogP) is 3.43. The smallest absolute Gasteiger partial charge is 0.191 e. The van der Waals surface area contributed by atoms with Crippen LogP contribution in [0.25, 0.3) is 5.65 Å². The van der Waals surface area contributed by atoms with Gasteiger partial charge < -0.3 is 15.4 Å². The maximum atomic E-state index is 6.06. The molecule has 0 amide bonds. The summed E-state index contributed by atoms with van der Waals surface area (Å²) in [6.07, 6.45) is 6.39. The van der Waals surface area contributed by atoms with Crippen molar-refractivity contribution in [1.29, 1.82) is 0 Å². The number of unbranched alkanes of at least 4 members (excludes halogenated alkanes) is 1. The number of nitrogens with zero attached hydrogens (tertiary/aromatic N) is 4. The number of fused-ring (bicyclic) bond motifs is 1. The van der Waals surface area contributed by atoms with E-state index in [9.17, 15) is 0 Å². The molecule has 2 atom stereocenters. The number of nitrogens with one attached hydrogen (secondary N) is 2. The fraction of sp³-hybridized carbons (Fsp3) is 0.667. The molecule has 2 aromatic heterocycles. The summed E-state index contributed by atoms with van der Waals surface area (Å²) < 4.78 is 8.08. The fourth-order valence-corrected chi connectivity index (χ4v) is 3.60. The van der Waals surface area contributed by atoms with Gasteiger partial charge >= 0.3 is 0 Å². The van der Waals surface area contributed by atoms with Gasteiger partial charge in [0.1, 0.15) is 5.82 Å². The van der Waals surface area contributed by atoms with Crippen LogP contribution in [0.3, 0.4) is 0 Å². The summed E-state index contributed by atoms with van der Waals surface area (Å²) in [7, 11) is 0. The van der Waals surface area contributed by atoms with Gasteiger partial charge in [-0.25, -0.2) is 0 Å². The van der Waals surface area contributed by atoms with Crippen LogP contribution in [0.4, 0.5) is 0 Å². The molecule has 0 bridgehead atoms. The minimum absolute atomic E-state index is 0. The predicted molar refractivity (Wildman–Crippen MR) is 128 cm³/mol. The molecule has 7 nitrogen and oxygen atoms in total. The minimum atomic E-state index is 0. The molecule has 29 heavy (non-hydrogen) atoms. The van der Waals surface area contributed by atoms with Gasteiger partial charge in [0, 0.05) is 43.8 Å². The molecule has 1 aliphatic rings. The first-order valence-corrected chi connectivity index (χ1v) is 10.5. The molecule has 162 valence electrons. The zero-order chi connectivity index (χ0) is 20.0. The van der Waals surface area contributed by atoms with E-state index in [2.05, 4.69) is 48.5 Å². The first-order valence-electron chi connectivity index (χ1n) is 10.5. The average molecular weight is 514 g/mol. The van der Waals surface area contributed by atoms with Gasteiger partial charge in [0.15, 0.2) is 11.6 Å². The highest BCUT2D eigenvalue weighted by atomic mass is 127. The first-order chi connectivity index (χ1) is 13.6. The monoisotopic (exact) mass is 514 g/mol. The van der Waals surface area contributed by atoms with Gasteiger partial charge in [-0.3, -0.25) is 9.39 Å². The molecule has 2 heterocycles. The Labute approximate surface area is 191 Å². The Hall–Kier alpha value is -1.42. The second-order valence-corrected chi connectivity index (χ2v) is 8.02. The Morgan fingerprint density at radius 1 is 1.31 bits per heavy atom. The lowest BCUT2D eigenvalue weighted by Gasteiger charge is -2.52. The van der Waals surface area contributed by atoms with E-state index in [1.807, 2.05) is 28.8 Å². The Morgan fingerprint density at radius 2 is 2.14 bits per heavy atom. The lowest BCUT2D eigenvalue weighted by atomic mass is 9.64. The number of hydrogen-bond donors (Lipinski definition) is 2. The van der Waals surface area contributed by atoms with Crippen LogP contribution >= 0.6 is 24.0 Å². The van der Waals surface area contributed by atoms with E-state index in [0.717, 1.165) is 49.8 Å². The molecule has 0 aromatic carbocycles. The number of pyridine rings is 1. The number of rotatable bonds is 9. The Bertz CT molecular complexity index is 790. The highest BCUT2D eigenvalue weighted by Crippen LogP contribution is 2.42. The van der Waals surface area contributed by atoms with Crippen molar-refractivity contribution in [2.75, 3.05) is 19.7 Å². The molecule has 3 rings (SSSR count). The zero-order valence-electron chi connectivity index (χ0n) is 18.0. The second-order valence-electron chi connectivity index (χ2n) is 8.02. The molecule has 1 aliphatic carbocycles. The molecule has 0 saturated heterocycles. The number of halogens is 1. The number of aromatic nitrogens is 3. The van der Waals surface area contributed by atoms with Crippen LogP contribution in [-0.4, -0.2) is 52.4 Å². The summed E-state index contributed by atoms with van der Waals surface area (Å²) in [5, 5.41) is 15.4. The average Bonchev–Trinajstić information content (AvgIpc) is 3.10. The van der Waals surface area contributed by atoms with Crippen molar-refractivity contribution < 1.29 is 4.74 Å². The summed E-state index contributed by atoms with van der Waals surface area (Å²) >= 11 is 0. The van der Waals surface area contributed by atoms with Crippen LogP contribution in [0.1, 0.15) is 52.8 Å². The van der Waals surface area contributed by atoms with E-state index in [0.29, 0.717) is 18.7 Å². The van der Waals surface area contributed by atoms with Crippen molar-refractivity contribution in [3.63, 3.8) is 0 Å². The normalized spacial score (nSPS) is 20.8. The third kappa shape index (κ3) is 5.81. The van der Waals surface area contributed by atoms with Gasteiger partial charge in [0.2, 0.25) is 0 Å². The van der Waals surface area contributed by atoms with Crippen molar-refractivity contribution >= 4 is 35.6 Å². The first kappa shape index (κ1) is 23.9. The summed E-state index contributed by atoms with van der Waals surface area (Å²) in [5.41, 5.74) is 0.976. The van der Waals surface area contributed by atoms with Crippen LogP contribution in [-0.2, 0) is 11.2 Å². The van der Waals surface area contributed by atoms with Gasteiger partial charge in [-0.2, -0.15) is 0 Å². The molecule has 0 aliphatic heterocycles. The summed E-state index contributed by atoms with van der Waals surface area (Å²) in [5.74, 6) is 1.80. The number of hydrogen-bond acceptors (Lipinski definition) is 4. The quantitative estimate of drug-likeness (QED) is 0.232. The van der Waals surface area contributed by atoms with E-state index >= 15 is 0 Å². The lowest BCUT2D eigenvalue weighted by molar-refractivity contribution is -0.113. The topological polar surface area (TPSA) is 75.8 Å². The molecular weight excluding hydrogens is 479 g/mol. The van der Waals surface area contributed by atoms with Crippen molar-refractivity contribution in [3.05, 3.63) is 30.2 Å². The van der Waals surface area contributed by atoms with Gasteiger partial charge in [-0.05, 0) is 31.9 Å². The standard InChI is InChI=1S/C21H34N6O.HI/c1-5-7-14-28-17-15-16(21(17,3)4)24-20(22-6-2)23-12-11-19-26-25-18-10-8-9-13-27(18)19;/h8-10,13,16-17H,5-7,11-12,14-15H2,1-4H3,(H2,22,23,24);1H. The molecule has 2 aromatic rings. The largest absolute Gasteiger partial charge is 0.378 e. The lowest BCUT2D eigenvalue weighted by Crippen LogP contribution is -2.63. The SMILES string of the molecule is CCCCOC1CC(NC(=NCCc2nnc3ccccn23)NCC)C1(C)C.I. The highest BCUT2D eigenvalue weighted by molar-refractivity contribution is 14.0. The summed E-state index contributed by atoms with van der Waals surface area (Å²) in [6.45, 7) is 11.2. The van der Waals surface area contributed by atoms with Gasteiger partial charge in [-0.15, -0.1) is 34.2 Å². The van der Waals surface area contributed by atoms with Crippen LogP contribution in [0.2, 0.25) is 0 Å². The van der Waals surface area contributed by atoms with Crippen LogP contribution in [0.15, 0.2) is 29.4 Å². The van der Waals surface area contributed by atoms with Crippen molar-refractivity contribution in [3.8, 4) is 0 Å². The van der Waals surface area contributed by atoms with Gasteiger partial charge in [0.05, 0.1) is 6.10 Å². The van der Waals surface area contributed by atoms with E-state index in [1.54, 1.807) is 0 Å². The number of ether oxygens (including phenoxy) is 1. The van der Waals surface area contributed by atoms with Crippen LogP contribution in [0.5, 0.6) is 0 Å². The van der Waals surface area contributed by atoms with Crippen molar-refractivity contribution in [2.45, 2.75) is 65.5 Å². The Kier molecular flexibility index (Phi) is 9.13. The molecule has 0 spiro atoms. The minimum Gasteiger partial charge on any atom is -0.378 e. The maximum absolute atomic E-state index is 6.06. The Morgan fingerprint density at radius 3 is 2.86 bits per heavy atom. The van der Waals surface area contributed by atoms with Crippen molar-refractivity contribution in [2.24, 2.45) is 10.4 Å². The highest BCUT2D eigenvalue weighted by Gasteiger charge is 2.49. The van der Waals surface area contributed by atoms with Gasteiger partial charge in [-0.1, -0.05) is 33.3 Å². The molecule has 2 N–H and O–H groups in total. The van der Waals surface area contributed by atoms with Crippen LogP contribution < -0.4 is 10.6 Å². The van der Waals surface area contributed by atoms with E-state index in [1.165, 1.54) is 6.42 Å². The third-order valence-corrected chi connectivity index (χ3v) is 5.64. The zero-order valence-corrected chi connectivity index (χ0v) is 20.3. The van der Waals surface area contributed by atoms with Gasteiger partial charge in [0.25, 0.3) is 0 Å². The summed E-state index contributed by atoms with van der Waals surface area (Å²) in [6, 6.07) is 6.29. The number of guanidine groups is 1. The molecule has 1 fully saturated rings. The Balaban J connectivity index is 0.00000300. The van der Waals surface area contributed by atoms with E-state index < -0.39 is 0 Å². The maximum Gasteiger partial charge on any atom is 0.191 e. The fourth-order valence-electron chi connectivity index (χ4n) is 3.60. The molecular formula is C21H35IN6O. The van der Waals surface area contributed by atoms with Crippen LogP contribution in [0, 0.1) is 5.41 Å². The third-order valence-electron chi connectivity index (χ3n) is 5.64. The molecule has 2 unspecified atom stereocenters. The van der Waals surface area contributed by atoms with Crippen molar-refractivity contribution in [1.82, 2.24) is 25.2 Å². The molecule has 1 saturated carbocycles. The molecule has 8 heteroatoms. The second kappa shape index (κ2) is 11.1. The molecule has 0 radical (unpaired) electrons. The van der Waals surface area contributed by atoms with E-state index in [4.69, 9.17) is 9.73 Å². The van der Waals surface area contributed by atoms with E-state index in [-0.39, 0.29) is 29.4 Å².